The van der Waals surface area contributed by atoms with Crippen molar-refractivity contribution in [3.05, 3.63) is 46.4 Å². The number of fused-ring (bicyclic) bond motifs is 1. The first kappa shape index (κ1) is 10.7. The molecule has 3 aromatic heterocycles. The number of halogens is 2. The van der Waals surface area contributed by atoms with Gasteiger partial charge in [-0.25, -0.2) is 4.98 Å². The highest BCUT2D eigenvalue weighted by Gasteiger charge is 2.14. The summed E-state index contributed by atoms with van der Waals surface area (Å²) in [6.45, 7) is 1.95. The molecule has 0 N–H and O–H groups in total. The molecule has 0 aliphatic rings. The largest absolute Gasteiger partial charge is 0.463 e. The van der Waals surface area contributed by atoms with Crippen molar-refractivity contribution in [3.8, 4) is 11.5 Å². The van der Waals surface area contributed by atoms with E-state index in [1.165, 1.54) is 0 Å². The van der Waals surface area contributed by atoms with Gasteiger partial charge in [-0.15, -0.1) is 0 Å². The van der Waals surface area contributed by atoms with E-state index in [1.807, 2.05) is 23.5 Å². The Morgan fingerprint density at radius 2 is 2.18 bits per heavy atom. The minimum atomic E-state index is 0.526. The number of hydrogen-bond donors (Lipinski definition) is 0. The zero-order valence-corrected chi connectivity index (χ0v) is 10.5. The van der Waals surface area contributed by atoms with E-state index in [-0.39, 0.29) is 0 Å². The Hall–Kier alpha value is -1.45. The first-order chi connectivity index (χ1) is 8.16. The summed E-state index contributed by atoms with van der Waals surface area (Å²) in [6, 6.07) is 5.37. The molecule has 3 heterocycles. The summed E-state index contributed by atoms with van der Waals surface area (Å²) in [5, 5.41) is 1.10. The molecule has 0 unspecified atom stereocenters. The maximum Gasteiger partial charge on any atom is 0.156 e. The van der Waals surface area contributed by atoms with E-state index < -0.39 is 0 Å². The minimum absolute atomic E-state index is 0.526. The van der Waals surface area contributed by atoms with Crippen LogP contribution in [0.2, 0.25) is 10.0 Å². The molecule has 0 fully saturated rings. The van der Waals surface area contributed by atoms with E-state index in [1.54, 1.807) is 18.5 Å². The summed E-state index contributed by atoms with van der Waals surface area (Å²) in [6.07, 6.45) is 3.41. The van der Waals surface area contributed by atoms with Crippen LogP contribution < -0.4 is 0 Å². The average molecular weight is 267 g/mol. The van der Waals surface area contributed by atoms with Gasteiger partial charge in [-0.1, -0.05) is 23.2 Å². The average Bonchev–Trinajstić information content (AvgIpc) is 2.87. The smallest absolute Gasteiger partial charge is 0.156 e. The zero-order valence-electron chi connectivity index (χ0n) is 8.95. The Morgan fingerprint density at radius 1 is 1.35 bits per heavy atom. The summed E-state index contributed by atoms with van der Waals surface area (Å²) < 4.78 is 7.21. The van der Waals surface area contributed by atoms with Crippen LogP contribution in [0.15, 0.2) is 35.1 Å². The van der Waals surface area contributed by atoms with Crippen LogP contribution in [-0.4, -0.2) is 9.38 Å². The van der Waals surface area contributed by atoms with Gasteiger partial charge in [0.2, 0.25) is 0 Å². The quantitative estimate of drug-likeness (QED) is 0.661. The van der Waals surface area contributed by atoms with Crippen molar-refractivity contribution in [1.82, 2.24) is 9.38 Å². The number of rotatable bonds is 1. The summed E-state index contributed by atoms with van der Waals surface area (Å²) in [5.74, 6) is 0.721. The highest BCUT2D eigenvalue weighted by atomic mass is 35.5. The van der Waals surface area contributed by atoms with Crippen molar-refractivity contribution in [2.45, 2.75) is 6.92 Å². The number of hydrogen-bond acceptors (Lipinski definition) is 2. The SMILES string of the molecule is Cc1c(-c2ccco2)nc2c(Cl)cc(Cl)cn12. The molecule has 0 aromatic carbocycles. The van der Waals surface area contributed by atoms with Gasteiger partial charge in [-0.3, -0.25) is 0 Å². The van der Waals surface area contributed by atoms with Crippen LogP contribution in [0, 0.1) is 6.92 Å². The highest BCUT2D eigenvalue weighted by Crippen LogP contribution is 2.29. The molecule has 5 heteroatoms. The van der Waals surface area contributed by atoms with E-state index >= 15 is 0 Å². The molecule has 0 radical (unpaired) electrons. The molecule has 3 rings (SSSR count). The molecule has 3 aromatic rings. The summed E-state index contributed by atoms with van der Waals surface area (Å²) >= 11 is 12.1. The van der Waals surface area contributed by atoms with Gasteiger partial charge in [-0.2, -0.15) is 0 Å². The molecule has 0 spiro atoms. The molecule has 0 aliphatic heterocycles. The van der Waals surface area contributed by atoms with Crippen LogP contribution >= 0.6 is 23.2 Å². The third kappa shape index (κ3) is 1.63. The number of pyridine rings is 1. The number of furan rings is 1. The predicted molar refractivity (Wildman–Crippen MR) is 67.7 cm³/mol. The maximum atomic E-state index is 6.11. The maximum absolute atomic E-state index is 6.11. The van der Waals surface area contributed by atoms with Gasteiger partial charge >= 0.3 is 0 Å². The Kier molecular flexibility index (Phi) is 2.38. The fourth-order valence-electron chi connectivity index (χ4n) is 1.83. The van der Waals surface area contributed by atoms with Gasteiger partial charge in [0.25, 0.3) is 0 Å². The predicted octanol–water partition coefficient (Wildman–Crippen LogP) is 4.21. The van der Waals surface area contributed by atoms with E-state index in [2.05, 4.69) is 4.98 Å². The van der Waals surface area contributed by atoms with Crippen molar-refractivity contribution in [3.63, 3.8) is 0 Å². The fourth-order valence-corrected chi connectivity index (χ4v) is 2.35. The van der Waals surface area contributed by atoms with Gasteiger partial charge in [0, 0.05) is 6.20 Å². The third-order valence-corrected chi connectivity index (χ3v) is 3.12. The summed E-state index contributed by atoms with van der Waals surface area (Å²) in [4.78, 5) is 4.47. The van der Waals surface area contributed by atoms with Crippen molar-refractivity contribution in [1.29, 1.82) is 0 Å². The first-order valence-corrected chi connectivity index (χ1v) is 5.80. The molecule has 17 heavy (non-hydrogen) atoms. The number of aromatic nitrogens is 2. The van der Waals surface area contributed by atoms with Gasteiger partial charge in [0.05, 0.1) is 22.0 Å². The van der Waals surface area contributed by atoms with Crippen LogP contribution in [0.5, 0.6) is 0 Å². The van der Waals surface area contributed by atoms with Gasteiger partial charge in [0.15, 0.2) is 11.4 Å². The Balaban J connectivity index is 2.36. The van der Waals surface area contributed by atoms with E-state index in [0.717, 1.165) is 17.1 Å². The Bertz CT molecular complexity index is 686. The van der Waals surface area contributed by atoms with Gasteiger partial charge in [0.1, 0.15) is 5.69 Å². The molecular formula is C12H8Cl2N2O. The Morgan fingerprint density at radius 3 is 2.88 bits per heavy atom. The molecule has 0 saturated heterocycles. The second-order valence-electron chi connectivity index (χ2n) is 3.72. The second kappa shape index (κ2) is 3.79. The Labute approximate surface area is 108 Å². The van der Waals surface area contributed by atoms with E-state index in [9.17, 15) is 0 Å². The fraction of sp³-hybridized carbons (Fsp3) is 0.0833. The number of nitrogens with zero attached hydrogens (tertiary/aromatic N) is 2. The molecule has 0 bridgehead atoms. The normalized spacial score (nSPS) is 11.2. The van der Waals surface area contributed by atoms with Crippen LogP contribution in [-0.2, 0) is 0 Å². The standard InChI is InChI=1S/C12H8Cl2N2O/c1-7-11(10-3-2-4-17-10)15-12-9(14)5-8(13)6-16(7)12/h2-6H,1H3. The van der Waals surface area contributed by atoms with Crippen molar-refractivity contribution >= 4 is 28.8 Å². The molecule has 0 saturated carbocycles. The monoisotopic (exact) mass is 266 g/mol. The van der Waals surface area contributed by atoms with Crippen LogP contribution in [0.3, 0.4) is 0 Å². The molecule has 0 amide bonds. The number of imidazole rings is 1. The summed E-state index contributed by atoms with van der Waals surface area (Å²) in [5.41, 5.74) is 2.40. The molecule has 86 valence electrons. The van der Waals surface area contributed by atoms with Crippen molar-refractivity contribution in [2.24, 2.45) is 0 Å². The molecule has 0 atom stereocenters. The third-order valence-electron chi connectivity index (χ3n) is 2.64. The first-order valence-electron chi connectivity index (χ1n) is 5.04. The van der Waals surface area contributed by atoms with Gasteiger partial charge < -0.3 is 8.82 Å². The molecule has 3 nitrogen and oxygen atoms in total. The molecular weight excluding hydrogens is 259 g/mol. The number of aryl methyl sites for hydroxylation is 1. The van der Waals surface area contributed by atoms with Gasteiger partial charge in [-0.05, 0) is 25.1 Å². The highest BCUT2D eigenvalue weighted by molar-refractivity contribution is 6.36. The minimum Gasteiger partial charge on any atom is -0.463 e. The van der Waals surface area contributed by atoms with Crippen LogP contribution in [0.1, 0.15) is 5.69 Å². The van der Waals surface area contributed by atoms with E-state index in [0.29, 0.717) is 15.7 Å². The van der Waals surface area contributed by atoms with Crippen molar-refractivity contribution in [2.75, 3.05) is 0 Å². The molecule has 0 aliphatic carbocycles. The lowest BCUT2D eigenvalue weighted by Crippen LogP contribution is -1.87. The lowest BCUT2D eigenvalue weighted by atomic mass is 10.3. The topological polar surface area (TPSA) is 30.4 Å². The lowest BCUT2D eigenvalue weighted by molar-refractivity contribution is 0.580. The second-order valence-corrected chi connectivity index (χ2v) is 4.57. The zero-order chi connectivity index (χ0) is 12.0. The van der Waals surface area contributed by atoms with Crippen LogP contribution in [0.4, 0.5) is 0 Å². The van der Waals surface area contributed by atoms with Crippen molar-refractivity contribution < 1.29 is 4.42 Å². The van der Waals surface area contributed by atoms with E-state index in [4.69, 9.17) is 27.6 Å². The van der Waals surface area contributed by atoms with Crippen LogP contribution in [0.25, 0.3) is 17.1 Å². The summed E-state index contributed by atoms with van der Waals surface area (Å²) in [7, 11) is 0. The lowest BCUT2D eigenvalue weighted by Gasteiger charge is -1.99.